The van der Waals surface area contributed by atoms with Crippen LogP contribution in [-0.2, 0) is 0 Å². The summed E-state index contributed by atoms with van der Waals surface area (Å²) in [6.45, 7) is 4.73. The molecule has 0 aliphatic heterocycles. The lowest BCUT2D eigenvalue weighted by atomic mass is 10.1. The van der Waals surface area contributed by atoms with E-state index >= 15 is 0 Å². The second kappa shape index (κ2) is 5.40. The molecular weight excluding hydrogens is 238 g/mol. The fraction of sp³-hybridized carbons (Fsp3) is 0.200. The highest BCUT2D eigenvalue weighted by atomic mass is 16.3. The zero-order chi connectivity index (χ0) is 13.8. The highest BCUT2D eigenvalue weighted by Gasteiger charge is 2.11. The SMILES string of the molecule is CCN(c1ccc(C#N)cn1)c1cc(O)ccc1C. The molecule has 96 valence electrons. The van der Waals surface area contributed by atoms with Gasteiger partial charge in [-0.1, -0.05) is 6.07 Å². The number of nitriles is 1. The van der Waals surface area contributed by atoms with Gasteiger partial charge in [-0.15, -0.1) is 0 Å². The van der Waals surface area contributed by atoms with Crippen molar-refractivity contribution in [1.82, 2.24) is 4.98 Å². The average Bonchev–Trinajstić information content (AvgIpc) is 2.44. The fourth-order valence-corrected chi connectivity index (χ4v) is 1.96. The zero-order valence-electron chi connectivity index (χ0n) is 11.0. The Labute approximate surface area is 112 Å². The van der Waals surface area contributed by atoms with Crippen molar-refractivity contribution in [2.24, 2.45) is 0 Å². The molecule has 0 saturated carbocycles. The molecule has 0 radical (unpaired) electrons. The Balaban J connectivity index is 2.43. The number of benzene rings is 1. The maximum Gasteiger partial charge on any atom is 0.132 e. The standard InChI is InChI=1S/C15H15N3O/c1-3-18(14-8-13(19)6-4-11(14)2)15-7-5-12(9-16)10-17-15/h4-8,10,19H,3H2,1-2H3. The van der Waals surface area contributed by atoms with E-state index in [9.17, 15) is 5.11 Å². The van der Waals surface area contributed by atoms with E-state index in [4.69, 9.17) is 5.26 Å². The Hall–Kier alpha value is -2.54. The van der Waals surface area contributed by atoms with Crippen molar-refractivity contribution in [3.8, 4) is 11.8 Å². The Morgan fingerprint density at radius 3 is 2.68 bits per heavy atom. The van der Waals surface area contributed by atoms with Crippen LogP contribution in [0.25, 0.3) is 0 Å². The van der Waals surface area contributed by atoms with Gasteiger partial charge in [0.1, 0.15) is 17.6 Å². The molecule has 0 saturated heterocycles. The third-order valence-electron chi connectivity index (χ3n) is 2.95. The highest BCUT2D eigenvalue weighted by molar-refractivity contribution is 5.65. The number of aromatic nitrogens is 1. The monoisotopic (exact) mass is 253 g/mol. The molecule has 1 aromatic heterocycles. The first kappa shape index (κ1) is 12.9. The van der Waals surface area contributed by atoms with E-state index in [0.717, 1.165) is 23.6 Å². The predicted octanol–water partition coefficient (Wildman–Crippen LogP) is 3.13. The van der Waals surface area contributed by atoms with Crippen molar-refractivity contribution < 1.29 is 5.11 Å². The minimum Gasteiger partial charge on any atom is -0.508 e. The maximum atomic E-state index is 9.62. The zero-order valence-corrected chi connectivity index (χ0v) is 11.0. The molecule has 0 bridgehead atoms. The average molecular weight is 253 g/mol. The second-order valence-corrected chi connectivity index (χ2v) is 4.23. The molecule has 0 atom stereocenters. The van der Waals surface area contributed by atoms with E-state index in [1.54, 1.807) is 24.4 Å². The van der Waals surface area contributed by atoms with Gasteiger partial charge in [-0.05, 0) is 37.6 Å². The summed E-state index contributed by atoms with van der Waals surface area (Å²) in [6.07, 6.45) is 1.55. The molecule has 1 heterocycles. The van der Waals surface area contributed by atoms with Crippen LogP contribution < -0.4 is 4.90 Å². The summed E-state index contributed by atoms with van der Waals surface area (Å²) in [4.78, 5) is 6.29. The minimum atomic E-state index is 0.229. The van der Waals surface area contributed by atoms with E-state index in [-0.39, 0.29) is 5.75 Å². The fourth-order valence-electron chi connectivity index (χ4n) is 1.96. The molecule has 1 aromatic carbocycles. The molecule has 2 aromatic rings. The van der Waals surface area contributed by atoms with Crippen molar-refractivity contribution in [1.29, 1.82) is 5.26 Å². The van der Waals surface area contributed by atoms with Crippen molar-refractivity contribution in [2.75, 3.05) is 11.4 Å². The molecule has 0 aliphatic rings. The van der Waals surface area contributed by atoms with Gasteiger partial charge >= 0.3 is 0 Å². The van der Waals surface area contributed by atoms with E-state index in [0.29, 0.717) is 5.56 Å². The Morgan fingerprint density at radius 2 is 2.11 bits per heavy atom. The first-order valence-corrected chi connectivity index (χ1v) is 6.09. The van der Waals surface area contributed by atoms with Crippen molar-refractivity contribution in [2.45, 2.75) is 13.8 Å². The van der Waals surface area contributed by atoms with Gasteiger partial charge in [-0.3, -0.25) is 0 Å². The van der Waals surface area contributed by atoms with Gasteiger partial charge in [0.25, 0.3) is 0 Å². The van der Waals surface area contributed by atoms with Crippen LogP contribution in [0.4, 0.5) is 11.5 Å². The highest BCUT2D eigenvalue weighted by Crippen LogP contribution is 2.29. The normalized spacial score (nSPS) is 9.95. The smallest absolute Gasteiger partial charge is 0.132 e. The molecule has 0 amide bonds. The van der Waals surface area contributed by atoms with Crippen LogP contribution in [0.15, 0.2) is 36.5 Å². The minimum absolute atomic E-state index is 0.229. The third-order valence-corrected chi connectivity index (χ3v) is 2.95. The Morgan fingerprint density at radius 1 is 1.32 bits per heavy atom. The van der Waals surface area contributed by atoms with Gasteiger partial charge in [0.05, 0.1) is 5.56 Å². The van der Waals surface area contributed by atoms with Crippen LogP contribution in [0.2, 0.25) is 0 Å². The molecule has 1 N–H and O–H groups in total. The maximum absolute atomic E-state index is 9.62. The summed E-state index contributed by atoms with van der Waals surface area (Å²) in [6, 6.07) is 10.9. The summed E-state index contributed by atoms with van der Waals surface area (Å²) in [5.41, 5.74) is 2.51. The number of phenols is 1. The van der Waals surface area contributed by atoms with Crippen LogP contribution in [0.5, 0.6) is 5.75 Å². The molecule has 4 heteroatoms. The van der Waals surface area contributed by atoms with Crippen LogP contribution in [0.3, 0.4) is 0 Å². The number of nitrogens with zero attached hydrogens (tertiary/aromatic N) is 3. The Kier molecular flexibility index (Phi) is 3.67. The number of hydrogen-bond donors (Lipinski definition) is 1. The van der Waals surface area contributed by atoms with Crippen LogP contribution in [-0.4, -0.2) is 16.6 Å². The molecule has 19 heavy (non-hydrogen) atoms. The van der Waals surface area contributed by atoms with Gasteiger partial charge in [-0.2, -0.15) is 5.26 Å². The first-order valence-electron chi connectivity index (χ1n) is 6.09. The summed E-state index contributed by atoms with van der Waals surface area (Å²) in [7, 11) is 0. The molecule has 0 spiro atoms. The van der Waals surface area contributed by atoms with Crippen molar-refractivity contribution >= 4 is 11.5 Å². The number of pyridine rings is 1. The topological polar surface area (TPSA) is 60.2 Å². The van der Waals surface area contributed by atoms with Gasteiger partial charge in [-0.25, -0.2) is 4.98 Å². The molecule has 0 unspecified atom stereocenters. The summed E-state index contributed by atoms with van der Waals surface area (Å²) >= 11 is 0. The molecule has 4 nitrogen and oxygen atoms in total. The van der Waals surface area contributed by atoms with Gasteiger partial charge in [0, 0.05) is 24.5 Å². The van der Waals surface area contributed by atoms with Crippen LogP contribution in [0, 0.1) is 18.3 Å². The molecule has 0 fully saturated rings. The van der Waals surface area contributed by atoms with Crippen LogP contribution >= 0.6 is 0 Å². The van der Waals surface area contributed by atoms with E-state index in [2.05, 4.69) is 11.1 Å². The third kappa shape index (κ3) is 2.66. The van der Waals surface area contributed by atoms with E-state index in [1.807, 2.05) is 30.9 Å². The lowest BCUT2D eigenvalue weighted by Gasteiger charge is -2.24. The lowest BCUT2D eigenvalue weighted by molar-refractivity contribution is 0.475. The number of phenolic OH excluding ortho intramolecular Hbond substituents is 1. The first-order chi connectivity index (χ1) is 9.15. The number of aryl methyl sites for hydroxylation is 1. The predicted molar refractivity (Wildman–Crippen MR) is 74.5 cm³/mol. The summed E-state index contributed by atoms with van der Waals surface area (Å²) in [5, 5.41) is 18.4. The quantitative estimate of drug-likeness (QED) is 0.913. The van der Waals surface area contributed by atoms with Gasteiger partial charge in [0.15, 0.2) is 0 Å². The van der Waals surface area contributed by atoms with Gasteiger partial charge in [0.2, 0.25) is 0 Å². The molecule has 2 rings (SSSR count). The Bertz CT molecular complexity index is 614. The molecule has 0 aliphatic carbocycles. The van der Waals surface area contributed by atoms with Crippen molar-refractivity contribution in [3.05, 3.63) is 47.7 Å². The van der Waals surface area contributed by atoms with E-state index in [1.165, 1.54) is 0 Å². The largest absolute Gasteiger partial charge is 0.508 e. The second-order valence-electron chi connectivity index (χ2n) is 4.23. The van der Waals surface area contributed by atoms with E-state index < -0.39 is 0 Å². The van der Waals surface area contributed by atoms with Gasteiger partial charge < -0.3 is 10.0 Å². The van der Waals surface area contributed by atoms with Crippen LogP contribution in [0.1, 0.15) is 18.1 Å². The molecular formula is C15H15N3O. The summed E-state index contributed by atoms with van der Waals surface area (Å²) in [5.74, 6) is 0.989. The number of anilines is 2. The lowest BCUT2D eigenvalue weighted by Crippen LogP contribution is -2.18. The summed E-state index contributed by atoms with van der Waals surface area (Å²) < 4.78 is 0. The number of aromatic hydroxyl groups is 1. The van der Waals surface area contributed by atoms with Crippen molar-refractivity contribution in [3.63, 3.8) is 0 Å². The number of hydrogen-bond acceptors (Lipinski definition) is 4. The number of rotatable bonds is 3.